The van der Waals surface area contributed by atoms with Crippen molar-refractivity contribution in [3.05, 3.63) is 17.5 Å². The van der Waals surface area contributed by atoms with Gasteiger partial charge in [-0.15, -0.1) is 0 Å². The number of H-pyrrole nitrogens is 1. The van der Waals surface area contributed by atoms with Gasteiger partial charge in [0.15, 0.2) is 0 Å². The largest absolute Gasteiger partial charge is 0.318 e. The van der Waals surface area contributed by atoms with Gasteiger partial charge in [0.1, 0.15) is 0 Å². The summed E-state index contributed by atoms with van der Waals surface area (Å²) in [4.78, 5) is 2.37. The third kappa shape index (κ3) is 4.55. The Morgan fingerprint density at radius 2 is 2.05 bits per heavy atom. The number of hydrogen-bond donors (Lipinski definition) is 2. The minimum Gasteiger partial charge on any atom is -0.318 e. The highest BCUT2D eigenvalue weighted by atomic mass is 15.1. The highest BCUT2D eigenvalue weighted by molar-refractivity contribution is 5.21. The zero-order valence-corrected chi connectivity index (χ0v) is 14.2. The molecule has 2 rings (SSSR count). The van der Waals surface area contributed by atoms with E-state index in [-0.39, 0.29) is 0 Å². The Labute approximate surface area is 129 Å². The first-order valence-corrected chi connectivity index (χ1v) is 8.47. The molecule has 0 amide bonds. The first-order chi connectivity index (χ1) is 10.1. The van der Waals surface area contributed by atoms with E-state index in [1.54, 1.807) is 0 Å². The fourth-order valence-electron chi connectivity index (χ4n) is 3.54. The van der Waals surface area contributed by atoms with E-state index in [0.29, 0.717) is 5.92 Å². The van der Waals surface area contributed by atoms with Crippen LogP contribution in [0, 0.1) is 11.8 Å². The highest BCUT2D eigenvalue weighted by Crippen LogP contribution is 2.38. The molecule has 0 spiro atoms. The van der Waals surface area contributed by atoms with E-state index < -0.39 is 0 Å². The van der Waals surface area contributed by atoms with Crippen molar-refractivity contribution in [1.29, 1.82) is 0 Å². The molecule has 120 valence electrons. The van der Waals surface area contributed by atoms with Crippen LogP contribution in [-0.2, 0) is 6.54 Å². The van der Waals surface area contributed by atoms with Crippen molar-refractivity contribution in [2.75, 3.05) is 27.2 Å². The molecule has 1 aromatic rings. The lowest BCUT2D eigenvalue weighted by Crippen LogP contribution is -2.27. The Kier molecular flexibility index (Phi) is 6.24. The third-order valence-electron chi connectivity index (χ3n) is 5.04. The van der Waals surface area contributed by atoms with E-state index in [4.69, 9.17) is 0 Å². The van der Waals surface area contributed by atoms with E-state index in [2.05, 4.69) is 47.5 Å². The molecule has 1 aromatic heterocycles. The van der Waals surface area contributed by atoms with Gasteiger partial charge in [-0.1, -0.05) is 13.8 Å². The van der Waals surface area contributed by atoms with Crippen LogP contribution >= 0.6 is 0 Å². The normalized spacial score (nSPS) is 23.1. The summed E-state index contributed by atoms with van der Waals surface area (Å²) in [5.74, 6) is 2.41. The minimum atomic E-state index is 0.666. The summed E-state index contributed by atoms with van der Waals surface area (Å²) in [5, 5.41) is 10.9. The lowest BCUT2D eigenvalue weighted by Gasteiger charge is -2.30. The van der Waals surface area contributed by atoms with Crippen LogP contribution in [0.1, 0.15) is 56.7 Å². The van der Waals surface area contributed by atoms with Gasteiger partial charge >= 0.3 is 0 Å². The average Bonchev–Trinajstić information content (AvgIpc) is 2.93. The molecule has 0 radical (unpaired) electrons. The Hall–Kier alpha value is -0.870. The molecule has 21 heavy (non-hydrogen) atoms. The van der Waals surface area contributed by atoms with Gasteiger partial charge in [0.25, 0.3) is 0 Å². The molecule has 1 aliphatic rings. The summed E-state index contributed by atoms with van der Waals surface area (Å²) in [5.41, 5.74) is 2.72. The molecule has 0 aromatic carbocycles. The Morgan fingerprint density at radius 3 is 2.67 bits per heavy atom. The van der Waals surface area contributed by atoms with Gasteiger partial charge in [-0.2, -0.15) is 5.10 Å². The molecule has 0 bridgehead atoms. The highest BCUT2D eigenvalue weighted by Gasteiger charge is 2.27. The number of aromatic amines is 1. The first kappa shape index (κ1) is 16.5. The summed E-state index contributed by atoms with van der Waals surface area (Å²) in [7, 11) is 4.19. The van der Waals surface area contributed by atoms with Crippen molar-refractivity contribution < 1.29 is 0 Å². The van der Waals surface area contributed by atoms with Crippen LogP contribution in [0.2, 0.25) is 0 Å². The quantitative estimate of drug-likeness (QED) is 0.812. The standard InChI is InChI=1S/C17H32N4/c1-13(2)14-5-7-15(8-6-14)17-16(11-19-20-17)12-21(4)10-9-18-3/h11,13-15,18H,5-10,12H2,1-4H3,(H,19,20)/t14-,15-. The summed E-state index contributed by atoms with van der Waals surface area (Å²) in [6, 6.07) is 0. The average molecular weight is 292 g/mol. The first-order valence-electron chi connectivity index (χ1n) is 8.47. The zero-order chi connectivity index (χ0) is 15.2. The Balaban J connectivity index is 1.91. The van der Waals surface area contributed by atoms with Crippen molar-refractivity contribution in [2.24, 2.45) is 11.8 Å². The van der Waals surface area contributed by atoms with Gasteiger partial charge in [0.2, 0.25) is 0 Å². The lowest BCUT2D eigenvalue weighted by atomic mass is 9.75. The molecular weight excluding hydrogens is 260 g/mol. The number of nitrogens with zero attached hydrogens (tertiary/aromatic N) is 2. The maximum absolute atomic E-state index is 4.58. The van der Waals surface area contributed by atoms with E-state index in [1.165, 1.54) is 36.9 Å². The molecule has 1 aliphatic carbocycles. The molecule has 0 aliphatic heterocycles. The fourth-order valence-corrected chi connectivity index (χ4v) is 3.54. The van der Waals surface area contributed by atoms with Gasteiger partial charge in [0, 0.05) is 37.3 Å². The number of likely N-dealkylation sites (N-methyl/N-ethyl adjacent to an activating group) is 2. The summed E-state index contributed by atoms with van der Waals surface area (Å²) in [6.45, 7) is 7.82. The van der Waals surface area contributed by atoms with Crippen molar-refractivity contribution >= 4 is 0 Å². The van der Waals surface area contributed by atoms with E-state index >= 15 is 0 Å². The van der Waals surface area contributed by atoms with E-state index in [9.17, 15) is 0 Å². The molecule has 0 unspecified atom stereocenters. The second-order valence-corrected chi connectivity index (χ2v) is 6.99. The number of aromatic nitrogens is 2. The second kappa shape index (κ2) is 7.95. The summed E-state index contributed by atoms with van der Waals surface area (Å²) in [6.07, 6.45) is 7.44. The smallest absolute Gasteiger partial charge is 0.0697 e. The molecule has 1 saturated carbocycles. The topological polar surface area (TPSA) is 44.0 Å². The van der Waals surface area contributed by atoms with Gasteiger partial charge in [-0.25, -0.2) is 0 Å². The zero-order valence-electron chi connectivity index (χ0n) is 14.2. The van der Waals surface area contributed by atoms with Gasteiger partial charge in [0.05, 0.1) is 5.69 Å². The molecule has 2 N–H and O–H groups in total. The van der Waals surface area contributed by atoms with Crippen LogP contribution < -0.4 is 5.32 Å². The van der Waals surface area contributed by atoms with E-state index in [1.807, 2.05) is 7.05 Å². The Morgan fingerprint density at radius 1 is 1.33 bits per heavy atom. The second-order valence-electron chi connectivity index (χ2n) is 6.99. The number of hydrogen-bond acceptors (Lipinski definition) is 3. The maximum atomic E-state index is 4.58. The Bertz CT molecular complexity index is 405. The fraction of sp³-hybridized carbons (Fsp3) is 0.824. The molecule has 1 fully saturated rings. The molecule has 0 atom stereocenters. The predicted octanol–water partition coefficient (Wildman–Crippen LogP) is 2.99. The van der Waals surface area contributed by atoms with Crippen molar-refractivity contribution in [3.63, 3.8) is 0 Å². The summed E-state index contributed by atoms with van der Waals surface area (Å²) >= 11 is 0. The van der Waals surface area contributed by atoms with Gasteiger partial charge < -0.3 is 10.2 Å². The maximum Gasteiger partial charge on any atom is 0.0697 e. The number of rotatable bonds is 7. The molecule has 0 saturated heterocycles. The van der Waals surface area contributed by atoms with Crippen molar-refractivity contribution in [1.82, 2.24) is 20.4 Å². The van der Waals surface area contributed by atoms with Crippen LogP contribution in [0.5, 0.6) is 0 Å². The molecule has 1 heterocycles. The molecular formula is C17H32N4. The van der Waals surface area contributed by atoms with Gasteiger partial charge in [-0.05, 0) is 51.6 Å². The predicted molar refractivity (Wildman–Crippen MR) is 88.4 cm³/mol. The van der Waals surface area contributed by atoms with E-state index in [0.717, 1.165) is 31.5 Å². The monoisotopic (exact) mass is 292 g/mol. The van der Waals surface area contributed by atoms with Crippen LogP contribution in [0.25, 0.3) is 0 Å². The van der Waals surface area contributed by atoms with Crippen LogP contribution in [0.3, 0.4) is 0 Å². The lowest BCUT2D eigenvalue weighted by molar-refractivity contribution is 0.255. The molecule has 4 heteroatoms. The van der Waals surface area contributed by atoms with Crippen LogP contribution in [-0.4, -0.2) is 42.3 Å². The van der Waals surface area contributed by atoms with Gasteiger partial charge in [-0.3, -0.25) is 5.10 Å². The number of nitrogens with one attached hydrogen (secondary N) is 2. The van der Waals surface area contributed by atoms with Crippen molar-refractivity contribution in [3.8, 4) is 0 Å². The minimum absolute atomic E-state index is 0.666. The van der Waals surface area contributed by atoms with Crippen molar-refractivity contribution in [2.45, 2.75) is 52.0 Å². The summed E-state index contributed by atoms with van der Waals surface area (Å²) < 4.78 is 0. The van der Waals surface area contributed by atoms with Crippen LogP contribution in [0.4, 0.5) is 0 Å². The van der Waals surface area contributed by atoms with Crippen LogP contribution in [0.15, 0.2) is 6.20 Å². The SMILES string of the molecule is CNCCN(C)Cc1c[nH]nc1[C@H]1CC[C@H](C(C)C)CC1. The third-order valence-corrected chi connectivity index (χ3v) is 5.04. The molecule has 4 nitrogen and oxygen atoms in total.